The lowest BCUT2D eigenvalue weighted by Gasteiger charge is -2.26. The molecular formula is C41H42BrFN2O3. The van der Waals surface area contributed by atoms with Gasteiger partial charge >= 0.3 is 0 Å². The van der Waals surface area contributed by atoms with E-state index >= 15 is 0 Å². The third kappa shape index (κ3) is 7.48. The summed E-state index contributed by atoms with van der Waals surface area (Å²) >= 11 is 3.55. The van der Waals surface area contributed by atoms with Crippen LogP contribution < -0.4 is 4.74 Å². The molecule has 5 nitrogen and oxygen atoms in total. The van der Waals surface area contributed by atoms with Crippen molar-refractivity contribution < 1.29 is 19.0 Å². The van der Waals surface area contributed by atoms with Gasteiger partial charge < -0.3 is 14.7 Å². The van der Waals surface area contributed by atoms with E-state index in [1.807, 2.05) is 72.8 Å². The van der Waals surface area contributed by atoms with E-state index in [1.165, 1.54) is 49.6 Å². The summed E-state index contributed by atoms with van der Waals surface area (Å²) in [6, 6.07) is 29.6. The maximum Gasteiger partial charge on any atom is 0.258 e. The predicted octanol–water partition coefficient (Wildman–Crippen LogP) is 9.79. The molecule has 2 aliphatic rings. The van der Waals surface area contributed by atoms with Gasteiger partial charge in [-0.15, -0.1) is 0 Å². The van der Waals surface area contributed by atoms with Crippen molar-refractivity contribution in [3.05, 3.63) is 142 Å². The third-order valence-corrected chi connectivity index (χ3v) is 10.7. The lowest BCUT2D eigenvalue weighted by Crippen LogP contribution is -2.23. The highest BCUT2D eigenvalue weighted by molar-refractivity contribution is 9.09. The molecule has 1 aliphatic carbocycles. The fraction of sp³-hybridized carbons (Fsp3) is 0.317. The molecule has 0 spiro atoms. The van der Waals surface area contributed by atoms with Crippen LogP contribution in [0.2, 0.25) is 0 Å². The summed E-state index contributed by atoms with van der Waals surface area (Å²) in [5.74, 6) is 1.91. The largest absolute Gasteiger partial charge is 0.478 e. The van der Waals surface area contributed by atoms with Crippen LogP contribution in [-0.4, -0.2) is 26.2 Å². The van der Waals surface area contributed by atoms with E-state index in [1.54, 1.807) is 23.2 Å². The number of carbonyl (C=O) groups is 1. The molecule has 1 fully saturated rings. The van der Waals surface area contributed by atoms with Gasteiger partial charge in [0.25, 0.3) is 5.91 Å². The summed E-state index contributed by atoms with van der Waals surface area (Å²) in [4.78, 5) is 20.2. The highest BCUT2D eigenvalue weighted by atomic mass is 79.9. The molecule has 1 N–H and O–H groups in total. The Morgan fingerprint density at radius 3 is 2.10 bits per heavy atom. The average molecular weight is 710 g/mol. The smallest absolute Gasteiger partial charge is 0.258 e. The number of halogens is 2. The summed E-state index contributed by atoms with van der Waals surface area (Å²) in [7, 11) is 0. The van der Waals surface area contributed by atoms with E-state index in [9.17, 15) is 14.3 Å². The fourth-order valence-electron chi connectivity index (χ4n) is 6.95. The number of aliphatic hydroxyl groups excluding tert-OH is 1. The SMILES string of the molecule is CCC1CCC(CBr)CC1.O=C1c2c(c(CO)c3cccnc3c2OC(c2ccccc2)c2ccccc2)CN1Cc1ccc(F)cc1. The lowest BCUT2D eigenvalue weighted by molar-refractivity contribution is 0.0762. The van der Waals surface area contributed by atoms with E-state index in [-0.39, 0.29) is 18.3 Å². The minimum atomic E-state index is -0.481. The first-order valence-corrected chi connectivity index (χ1v) is 18.0. The number of alkyl halides is 1. The van der Waals surface area contributed by atoms with E-state index in [2.05, 4.69) is 27.8 Å². The van der Waals surface area contributed by atoms with Crippen LogP contribution in [0.3, 0.4) is 0 Å². The Kier molecular flexibility index (Phi) is 11.2. The van der Waals surface area contributed by atoms with Gasteiger partial charge in [-0.05, 0) is 70.7 Å². The number of hydrogen-bond acceptors (Lipinski definition) is 4. The van der Waals surface area contributed by atoms with Crippen molar-refractivity contribution in [1.29, 1.82) is 0 Å². The molecule has 7 heteroatoms. The quantitative estimate of drug-likeness (QED) is 0.155. The number of benzene rings is 4. The number of pyridine rings is 1. The van der Waals surface area contributed by atoms with Gasteiger partial charge in [-0.25, -0.2) is 4.39 Å². The first-order valence-electron chi connectivity index (χ1n) is 16.9. The molecular weight excluding hydrogens is 667 g/mol. The van der Waals surface area contributed by atoms with Crippen molar-refractivity contribution in [3.8, 4) is 5.75 Å². The number of aliphatic hydroxyl groups is 1. The normalized spacial score (nSPS) is 17.3. The topological polar surface area (TPSA) is 62.7 Å². The van der Waals surface area contributed by atoms with Crippen LogP contribution in [0.15, 0.2) is 103 Å². The second-order valence-electron chi connectivity index (χ2n) is 12.8. The summed E-state index contributed by atoms with van der Waals surface area (Å²) in [5.41, 5.74) is 5.04. The first-order chi connectivity index (χ1) is 23.5. The number of hydrogen-bond donors (Lipinski definition) is 1. The maximum atomic E-state index is 13.9. The number of carbonyl (C=O) groups excluding carboxylic acids is 1. The summed E-state index contributed by atoms with van der Waals surface area (Å²) in [5, 5.41) is 12.4. The van der Waals surface area contributed by atoms with Crippen molar-refractivity contribution in [1.82, 2.24) is 9.88 Å². The number of nitrogens with zero attached hydrogens (tertiary/aromatic N) is 2. The highest BCUT2D eigenvalue weighted by Crippen LogP contribution is 2.43. The van der Waals surface area contributed by atoms with Crippen LogP contribution in [0.5, 0.6) is 5.75 Å². The van der Waals surface area contributed by atoms with Crippen LogP contribution in [0.1, 0.15) is 83.3 Å². The molecule has 1 aromatic heterocycles. The molecule has 0 radical (unpaired) electrons. The molecule has 0 atom stereocenters. The third-order valence-electron chi connectivity index (χ3n) is 9.74. The Balaban J connectivity index is 0.000000345. The van der Waals surface area contributed by atoms with Gasteiger partial charge in [-0.2, -0.15) is 0 Å². The Morgan fingerprint density at radius 2 is 1.52 bits per heavy atom. The molecule has 1 saturated carbocycles. The van der Waals surface area contributed by atoms with Crippen molar-refractivity contribution >= 4 is 32.7 Å². The molecule has 48 heavy (non-hydrogen) atoms. The van der Waals surface area contributed by atoms with Crippen LogP contribution >= 0.6 is 15.9 Å². The van der Waals surface area contributed by atoms with Gasteiger partial charge in [0.05, 0.1) is 12.2 Å². The van der Waals surface area contributed by atoms with Crippen LogP contribution in [0.25, 0.3) is 10.9 Å². The molecule has 2 heterocycles. The number of amides is 1. The minimum absolute atomic E-state index is 0.207. The Morgan fingerprint density at radius 1 is 0.896 bits per heavy atom. The fourth-order valence-corrected chi connectivity index (χ4v) is 7.60. The highest BCUT2D eigenvalue weighted by Gasteiger charge is 2.36. The van der Waals surface area contributed by atoms with E-state index < -0.39 is 6.10 Å². The van der Waals surface area contributed by atoms with Crippen LogP contribution in [-0.2, 0) is 19.7 Å². The van der Waals surface area contributed by atoms with Gasteiger partial charge in [0.15, 0.2) is 5.75 Å². The van der Waals surface area contributed by atoms with Gasteiger partial charge in [-0.3, -0.25) is 9.78 Å². The van der Waals surface area contributed by atoms with Crippen molar-refractivity contribution in [2.75, 3.05) is 5.33 Å². The average Bonchev–Trinajstić information content (AvgIpc) is 3.46. The molecule has 248 valence electrons. The number of aromatic nitrogens is 1. The Hall–Kier alpha value is -4.07. The number of rotatable bonds is 9. The van der Waals surface area contributed by atoms with Gasteiger partial charge in [0.2, 0.25) is 0 Å². The minimum Gasteiger partial charge on any atom is -0.478 e. The second-order valence-corrected chi connectivity index (χ2v) is 13.4. The lowest BCUT2D eigenvalue weighted by atomic mass is 9.82. The summed E-state index contributed by atoms with van der Waals surface area (Å²) in [6.07, 6.45) is 8.46. The predicted molar refractivity (Wildman–Crippen MR) is 193 cm³/mol. The first kappa shape index (κ1) is 33.8. The molecule has 0 unspecified atom stereocenters. The van der Waals surface area contributed by atoms with E-state index in [4.69, 9.17) is 4.74 Å². The molecule has 7 rings (SSSR count). The maximum absolute atomic E-state index is 13.9. The molecule has 0 saturated heterocycles. The van der Waals surface area contributed by atoms with Gasteiger partial charge in [0.1, 0.15) is 17.4 Å². The van der Waals surface area contributed by atoms with Crippen LogP contribution in [0.4, 0.5) is 4.39 Å². The van der Waals surface area contributed by atoms with Crippen molar-refractivity contribution in [2.24, 2.45) is 11.8 Å². The molecule has 4 aromatic carbocycles. The standard InChI is InChI=1S/C32H25FN2O3.C9H17Br/c33-24-15-13-21(14-16-24)18-35-19-26-27(20-36)25-12-7-17-34-29(25)31(28(26)32(35)37)38-30(22-8-3-1-4-9-22)23-10-5-2-6-11-23;1-2-8-3-5-9(7-10)6-4-8/h1-17,30,36H,18-20H2;8-9H,2-7H2,1H3. The Bertz CT molecular complexity index is 1760. The monoisotopic (exact) mass is 708 g/mol. The molecule has 5 aromatic rings. The molecule has 1 amide bonds. The molecule has 1 aliphatic heterocycles. The molecule has 0 bridgehead atoms. The van der Waals surface area contributed by atoms with Gasteiger partial charge in [0, 0.05) is 30.0 Å². The van der Waals surface area contributed by atoms with E-state index in [0.29, 0.717) is 35.5 Å². The zero-order chi connectivity index (χ0) is 33.5. The second kappa shape index (κ2) is 15.9. The van der Waals surface area contributed by atoms with E-state index in [0.717, 1.165) is 39.5 Å². The van der Waals surface area contributed by atoms with Gasteiger partial charge in [-0.1, -0.05) is 121 Å². The Labute approximate surface area is 290 Å². The zero-order valence-corrected chi connectivity index (χ0v) is 28.9. The number of ether oxygens (including phenoxy) is 1. The van der Waals surface area contributed by atoms with Crippen molar-refractivity contribution in [2.45, 2.75) is 64.8 Å². The number of fused-ring (bicyclic) bond motifs is 2. The van der Waals surface area contributed by atoms with Crippen LogP contribution in [0, 0.1) is 17.7 Å². The van der Waals surface area contributed by atoms with Crippen molar-refractivity contribution in [3.63, 3.8) is 0 Å². The summed E-state index contributed by atoms with van der Waals surface area (Å²) < 4.78 is 20.3. The summed E-state index contributed by atoms with van der Waals surface area (Å²) in [6.45, 7) is 2.70. The zero-order valence-electron chi connectivity index (χ0n) is 27.3.